The fourth-order valence-corrected chi connectivity index (χ4v) is 1.56. The van der Waals surface area contributed by atoms with E-state index in [9.17, 15) is 5.11 Å². The molecule has 0 fully saturated rings. The highest BCUT2D eigenvalue weighted by Gasteiger charge is 2.02. The number of aliphatic hydroxyl groups excluding tert-OH is 1. The number of rotatable bonds is 8. The Labute approximate surface area is 103 Å². The fraction of sp³-hybridized carbons (Fsp3) is 0.538. The topological polar surface area (TPSA) is 53.5 Å². The Hall–Kier alpha value is -1.10. The Morgan fingerprint density at radius 2 is 1.88 bits per heavy atom. The third-order valence-electron chi connectivity index (χ3n) is 2.46. The molecule has 1 rings (SSSR count). The smallest absolute Gasteiger partial charge is 0.119 e. The minimum atomic E-state index is -0.344. The van der Waals surface area contributed by atoms with Crippen molar-refractivity contribution in [3.8, 4) is 5.75 Å². The van der Waals surface area contributed by atoms with Gasteiger partial charge in [0.1, 0.15) is 5.75 Å². The first kappa shape index (κ1) is 14.0. The van der Waals surface area contributed by atoms with Crippen molar-refractivity contribution in [1.82, 2.24) is 10.6 Å². The van der Waals surface area contributed by atoms with Gasteiger partial charge in [0, 0.05) is 19.5 Å². The summed E-state index contributed by atoms with van der Waals surface area (Å²) in [6, 6.07) is 7.99. The molecular weight excluding hydrogens is 216 g/mol. The van der Waals surface area contributed by atoms with E-state index in [-0.39, 0.29) is 6.10 Å². The summed E-state index contributed by atoms with van der Waals surface area (Å²) in [5.41, 5.74) is 1.23. The molecular formula is C13H22N2O2. The van der Waals surface area contributed by atoms with Gasteiger partial charge in [-0.2, -0.15) is 0 Å². The highest BCUT2D eigenvalue weighted by Crippen LogP contribution is 2.12. The molecule has 4 heteroatoms. The normalized spacial score (nSPS) is 12.4. The molecule has 3 N–H and O–H groups in total. The maximum atomic E-state index is 9.49. The van der Waals surface area contributed by atoms with Crippen molar-refractivity contribution in [3.05, 3.63) is 29.8 Å². The number of nitrogens with one attached hydrogen (secondary N) is 2. The standard InChI is InChI=1S/C13H22N2O2/c1-14-9-11-3-5-13(6-4-11)17-8-7-12(16)10-15-2/h3-6,12,14-16H,7-10H2,1-2H3/t12-/m1/s1. The van der Waals surface area contributed by atoms with Gasteiger partial charge < -0.3 is 20.5 Å². The Kier molecular flexibility index (Phi) is 6.62. The van der Waals surface area contributed by atoms with Crippen LogP contribution in [0.1, 0.15) is 12.0 Å². The molecule has 4 nitrogen and oxygen atoms in total. The minimum Gasteiger partial charge on any atom is -0.493 e. The van der Waals surface area contributed by atoms with Gasteiger partial charge in [0.05, 0.1) is 12.7 Å². The summed E-state index contributed by atoms with van der Waals surface area (Å²) < 4.78 is 5.55. The Morgan fingerprint density at radius 3 is 2.47 bits per heavy atom. The van der Waals surface area contributed by atoms with Gasteiger partial charge in [0.2, 0.25) is 0 Å². The van der Waals surface area contributed by atoms with E-state index in [1.165, 1.54) is 5.56 Å². The third kappa shape index (κ3) is 5.68. The van der Waals surface area contributed by atoms with E-state index in [1.54, 1.807) is 0 Å². The lowest BCUT2D eigenvalue weighted by Gasteiger charge is -2.11. The molecule has 17 heavy (non-hydrogen) atoms. The summed E-state index contributed by atoms with van der Waals surface area (Å²) in [6.45, 7) is 2.00. The lowest BCUT2D eigenvalue weighted by atomic mass is 10.2. The number of ether oxygens (including phenoxy) is 1. The van der Waals surface area contributed by atoms with Crippen LogP contribution in [0.2, 0.25) is 0 Å². The summed E-state index contributed by atoms with van der Waals surface area (Å²) in [7, 11) is 3.75. The molecule has 0 amide bonds. The number of hydrogen-bond acceptors (Lipinski definition) is 4. The van der Waals surface area contributed by atoms with Crippen LogP contribution in [-0.4, -0.2) is 38.5 Å². The Morgan fingerprint density at radius 1 is 1.18 bits per heavy atom. The Balaban J connectivity index is 2.27. The lowest BCUT2D eigenvalue weighted by Crippen LogP contribution is -2.25. The van der Waals surface area contributed by atoms with Gasteiger partial charge in [0.15, 0.2) is 0 Å². The van der Waals surface area contributed by atoms with Crippen molar-refractivity contribution in [2.24, 2.45) is 0 Å². The predicted octanol–water partition coefficient (Wildman–Crippen LogP) is 0.755. The molecule has 0 radical (unpaired) electrons. The van der Waals surface area contributed by atoms with Crippen LogP contribution < -0.4 is 15.4 Å². The average molecular weight is 238 g/mol. The number of likely N-dealkylation sites (N-methyl/N-ethyl adjacent to an activating group) is 1. The van der Waals surface area contributed by atoms with Crippen LogP contribution in [0, 0.1) is 0 Å². The molecule has 0 spiro atoms. The van der Waals surface area contributed by atoms with Crippen LogP contribution in [0.3, 0.4) is 0 Å². The molecule has 0 unspecified atom stereocenters. The van der Waals surface area contributed by atoms with Gasteiger partial charge in [-0.05, 0) is 31.8 Å². The van der Waals surface area contributed by atoms with E-state index < -0.39 is 0 Å². The monoisotopic (exact) mass is 238 g/mol. The van der Waals surface area contributed by atoms with E-state index in [2.05, 4.69) is 10.6 Å². The second kappa shape index (κ2) is 8.06. The average Bonchev–Trinajstić information content (AvgIpc) is 2.32. The second-order valence-corrected chi connectivity index (χ2v) is 4.02. The molecule has 0 saturated heterocycles. The molecule has 0 saturated carbocycles. The zero-order valence-corrected chi connectivity index (χ0v) is 10.6. The largest absolute Gasteiger partial charge is 0.493 e. The first-order chi connectivity index (χ1) is 8.26. The highest BCUT2D eigenvalue weighted by molar-refractivity contribution is 5.27. The number of aliphatic hydroxyl groups is 1. The van der Waals surface area contributed by atoms with E-state index in [1.807, 2.05) is 38.4 Å². The molecule has 0 aliphatic heterocycles. The van der Waals surface area contributed by atoms with E-state index >= 15 is 0 Å². The predicted molar refractivity (Wildman–Crippen MR) is 69.3 cm³/mol. The van der Waals surface area contributed by atoms with Crippen LogP contribution in [0.25, 0.3) is 0 Å². The first-order valence-electron chi connectivity index (χ1n) is 5.95. The Bertz CT molecular complexity index is 301. The summed E-state index contributed by atoms with van der Waals surface area (Å²) in [5.74, 6) is 0.849. The molecule has 0 aliphatic rings. The molecule has 1 aromatic rings. The van der Waals surface area contributed by atoms with Crippen LogP contribution >= 0.6 is 0 Å². The molecule has 0 aliphatic carbocycles. The van der Waals surface area contributed by atoms with Gasteiger partial charge in [-0.3, -0.25) is 0 Å². The van der Waals surface area contributed by atoms with Crippen molar-refractivity contribution < 1.29 is 9.84 Å². The minimum absolute atomic E-state index is 0.344. The summed E-state index contributed by atoms with van der Waals surface area (Å²) in [4.78, 5) is 0. The fourth-order valence-electron chi connectivity index (χ4n) is 1.56. The van der Waals surface area contributed by atoms with Crippen molar-refractivity contribution in [2.45, 2.75) is 19.1 Å². The van der Waals surface area contributed by atoms with E-state index in [0.29, 0.717) is 19.6 Å². The van der Waals surface area contributed by atoms with E-state index in [0.717, 1.165) is 12.3 Å². The van der Waals surface area contributed by atoms with Crippen molar-refractivity contribution in [2.75, 3.05) is 27.2 Å². The summed E-state index contributed by atoms with van der Waals surface area (Å²) in [5, 5.41) is 15.5. The van der Waals surface area contributed by atoms with Crippen molar-refractivity contribution in [3.63, 3.8) is 0 Å². The van der Waals surface area contributed by atoms with Crippen LogP contribution in [0.5, 0.6) is 5.75 Å². The third-order valence-corrected chi connectivity index (χ3v) is 2.46. The zero-order chi connectivity index (χ0) is 12.5. The van der Waals surface area contributed by atoms with Gasteiger partial charge in [0.25, 0.3) is 0 Å². The summed E-state index contributed by atoms with van der Waals surface area (Å²) >= 11 is 0. The highest BCUT2D eigenvalue weighted by atomic mass is 16.5. The number of hydrogen-bond donors (Lipinski definition) is 3. The second-order valence-electron chi connectivity index (χ2n) is 4.02. The first-order valence-corrected chi connectivity index (χ1v) is 5.95. The summed E-state index contributed by atoms with van der Waals surface area (Å²) in [6.07, 6.45) is 0.294. The van der Waals surface area contributed by atoms with Crippen LogP contribution in [0.4, 0.5) is 0 Å². The van der Waals surface area contributed by atoms with Crippen LogP contribution in [0.15, 0.2) is 24.3 Å². The van der Waals surface area contributed by atoms with Gasteiger partial charge >= 0.3 is 0 Å². The van der Waals surface area contributed by atoms with Gasteiger partial charge in [-0.25, -0.2) is 0 Å². The molecule has 0 heterocycles. The van der Waals surface area contributed by atoms with Gasteiger partial charge in [-0.1, -0.05) is 12.1 Å². The maximum absolute atomic E-state index is 9.49. The van der Waals surface area contributed by atoms with Gasteiger partial charge in [-0.15, -0.1) is 0 Å². The lowest BCUT2D eigenvalue weighted by molar-refractivity contribution is 0.139. The van der Waals surface area contributed by atoms with Crippen molar-refractivity contribution >= 4 is 0 Å². The quantitative estimate of drug-likeness (QED) is 0.626. The van der Waals surface area contributed by atoms with Crippen LogP contribution in [-0.2, 0) is 6.54 Å². The number of benzene rings is 1. The SMILES string of the molecule is CNCc1ccc(OCC[C@@H](O)CNC)cc1. The molecule has 1 atom stereocenters. The zero-order valence-electron chi connectivity index (χ0n) is 10.6. The van der Waals surface area contributed by atoms with Crippen molar-refractivity contribution in [1.29, 1.82) is 0 Å². The van der Waals surface area contributed by atoms with E-state index in [4.69, 9.17) is 4.74 Å². The molecule has 0 aromatic heterocycles. The molecule has 96 valence electrons. The maximum Gasteiger partial charge on any atom is 0.119 e. The molecule has 1 aromatic carbocycles. The molecule has 0 bridgehead atoms.